The zero-order valence-electron chi connectivity index (χ0n) is 12.4. The van der Waals surface area contributed by atoms with Crippen molar-refractivity contribution in [2.24, 2.45) is 4.99 Å². The number of rotatable bonds is 4. The van der Waals surface area contributed by atoms with E-state index in [1.807, 2.05) is 7.05 Å². The Kier molecular flexibility index (Phi) is 5.83. The second kappa shape index (κ2) is 7.87. The monoisotopic (exact) mass is 276 g/mol. The van der Waals surface area contributed by atoms with E-state index in [1.165, 1.54) is 11.1 Å². The van der Waals surface area contributed by atoms with E-state index in [-0.39, 0.29) is 0 Å². The van der Waals surface area contributed by atoms with Gasteiger partial charge in [0, 0.05) is 40.3 Å². The fourth-order valence-corrected chi connectivity index (χ4v) is 2.25. The maximum absolute atomic E-state index is 5.37. The number of ether oxygens (including phenoxy) is 1. The molecule has 2 N–H and O–H groups in total. The minimum absolute atomic E-state index is 0.783. The van der Waals surface area contributed by atoms with Crippen LogP contribution in [0.5, 0.6) is 0 Å². The lowest BCUT2D eigenvalue weighted by atomic mass is 10.1. The molecule has 0 radical (unpaired) electrons. The first kappa shape index (κ1) is 14.8. The van der Waals surface area contributed by atoms with Crippen LogP contribution in [-0.4, -0.2) is 51.3 Å². The van der Waals surface area contributed by atoms with Gasteiger partial charge in [-0.2, -0.15) is 0 Å². The first-order valence-corrected chi connectivity index (χ1v) is 7.08. The Morgan fingerprint density at radius 1 is 1.20 bits per heavy atom. The molecule has 0 atom stereocenters. The molecule has 0 bridgehead atoms. The van der Waals surface area contributed by atoms with Gasteiger partial charge in [0.25, 0.3) is 0 Å². The zero-order valence-corrected chi connectivity index (χ0v) is 12.4. The second-order valence-corrected chi connectivity index (χ2v) is 4.88. The Balaban J connectivity index is 1.82. The molecule has 0 spiro atoms. The maximum Gasteiger partial charge on any atom is 0.190 e. The van der Waals surface area contributed by atoms with E-state index in [1.54, 1.807) is 7.05 Å². The van der Waals surface area contributed by atoms with Gasteiger partial charge in [0.1, 0.15) is 0 Å². The van der Waals surface area contributed by atoms with Crippen molar-refractivity contribution in [1.29, 1.82) is 0 Å². The van der Waals surface area contributed by atoms with Gasteiger partial charge in [-0.05, 0) is 11.1 Å². The molecule has 0 saturated carbocycles. The summed E-state index contributed by atoms with van der Waals surface area (Å²) in [6.45, 7) is 5.56. The van der Waals surface area contributed by atoms with Crippen molar-refractivity contribution >= 4 is 5.96 Å². The van der Waals surface area contributed by atoms with Crippen molar-refractivity contribution < 1.29 is 4.74 Å². The summed E-state index contributed by atoms with van der Waals surface area (Å²) in [6, 6.07) is 8.75. The average molecular weight is 276 g/mol. The van der Waals surface area contributed by atoms with E-state index in [4.69, 9.17) is 4.74 Å². The predicted octanol–water partition coefficient (Wildman–Crippen LogP) is 0.814. The van der Waals surface area contributed by atoms with Gasteiger partial charge < -0.3 is 15.4 Å². The zero-order chi connectivity index (χ0) is 14.2. The van der Waals surface area contributed by atoms with Crippen LogP contribution in [0.15, 0.2) is 29.3 Å². The van der Waals surface area contributed by atoms with Gasteiger partial charge in [0.15, 0.2) is 5.96 Å². The molecule has 20 heavy (non-hydrogen) atoms. The number of morpholine rings is 1. The molecule has 1 heterocycles. The standard InChI is InChI=1S/C15H24N4O/c1-16-15(17-2)18-11-13-3-5-14(6-4-13)12-19-7-9-20-10-8-19/h3-6H,7-12H2,1-2H3,(H2,16,17,18). The van der Waals surface area contributed by atoms with E-state index < -0.39 is 0 Å². The minimum atomic E-state index is 0.783. The highest BCUT2D eigenvalue weighted by molar-refractivity contribution is 5.79. The van der Waals surface area contributed by atoms with Crippen LogP contribution in [-0.2, 0) is 17.8 Å². The molecule has 2 rings (SSSR count). The fraction of sp³-hybridized carbons (Fsp3) is 0.533. The van der Waals surface area contributed by atoms with Gasteiger partial charge in [0.2, 0.25) is 0 Å². The molecule has 1 aromatic carbocycles. The summed E-state index contributed by atoms with van der Waals surface area (Å²) < 4.78 is 5.37. The highest BCUT2D eigenvalue weighted by Gasteiger charge is 2.10. The van der Waals surface area contributed by atoms with Crippen molar-refractivity contribution in [2.75, 3.05) is 40.4 Å². The third kappa shape index (κ3) is 4.51. The summed E-state index contributed by atoms with van der Waals surface area (Å²) in [5.41, 5.74) is 2.61. The van der Waals surface area contributed by atoms with Gasteiger partial charge >= 0.3 is 0 Å². The molecule has 1 aliphatic rings. The SMILES string of the molecule is CN=C(NC)NCc1ccc(CN2CCOCC2)cc1. The lowest BCUT2D eigenvalue weighted by molar-refractivity contribution is 0.0342. The Hall–Kier alpha value is -1.59. The second-order valence-electron chi connectivity index (χ2n) is 4.88. The summed E-state index contributed by atoms with van der Waals surface area (Å²) in [5.74, 6) is 0.808. The Morgan fingerprint density at radius 3 is 2.45 bits per heavy atom. The molecule has 110 valence electrons. The van der Waals surface area contributed by atoms with E-state index in [0.717, 1.165) is 45.4 Å². The molecule has 0 aliphatic carbocycles. The number of hydrogen-bond acceptors (Lipinski definition) is 3. The molecule has 1 fully saturated rings. The van der Waals surface area contributed by atoms with Crippen molar-refractivity contribution in [1.82, 2.24) is 15.5 Å². The number of hydrogen-bond donors (Lipinski definition) is 2. The maximum atomic E-state index is 5.37. The molecule has 1 aliphatic heterocycles. The summed E-state index contributed by atoms with van der Waals surface area (Å²) in [7, 11) is 3.63. The van der Waals surface area contributed by atoms with Crippen molar-refractivity contribution in [2.45, 2.75) is 13.1 Å². The van der Waals surface area contributed by atoms with Crippen LogP contribution in [0.2, 0.25) is 0 Å². The van der Waals surface area contributed by atoms with E-state index >= 15 is 0 Å². The van der Waals surface area contributed by atoms with Crippen LogP contribution in [0.25, 0.3) is 0 Å². The minimum Gasteiger partial charge on any atom is -0.379 e. The van der Waals surface area contributed by atoms with Gasteiger partial charge in [0.05, 0.1) is 13.2 Å². The first-order chi connectivity index (χ1) is 9.81. The molecule has 0 amide bonds. The van der Waals surface area contributed by atoms with Crippen LogP contribution >= 0.6 is 0 Å². The number of benzene rings is 1. The molecule has 0 aromatic heterocycles. The number of nitrogens with one attached hydrogen (secondary N) is 2. The summed E-state index contributed by atoms with van der Waals surface area (Å²) in [6.07, 6.45) is 0. The van der Waals surface area contributed by atoms with Crippen molar-refractivity contribution in [3.05, 3.63) is 35.4 Å². The Morgan fingerprint density at radius 2 is 1.85 bits per heavy atom. The topological polar surface area (TPSA) is 48.9 Å². The molecule has 5 nitrogen and oxygen atoms in total. The molecule has 1 aromatic rings. The largest absolute Gasteiger partial charge is 0.379 e. The summed E-state index contributed by atoms with van der Waals surface area (Å²) in [4.78, 5) is 6.52. The third-order valence-electron chi connectivity index (χ3n) is 3.45. The highest BCUT2D eigenvalue weighted by atomic mass is 16.5. The van der Waals surface area contributed by atoms with Gasteiger partial charge in [-0.15, -0.1) is 0 Å². The lowest BCUT2D eigenvalue weighted by Crippen LogP contribution is -2.35. The number of aliphatic imine (C=N–C) groups is 1. The number of guanidine groups is 1. The number of nitrogens with zero attached hydrogens (tertiary/aromatic N) is 2. The van der Waals surface area contributed by atoms with Crippen LogP contribution < -0.4 is 10.6 Å². The predicted molar refractivity (Wildman–Crippen MR) is 81.8 cm³/mol. The molecular weight excluding hydrogens is 252 g/mol. The van der Waals surface area contributed by atoms with Gasteiger partial charge in [-0.25, -0.2) is 0 Å². The first-order valence-electron chi connectivity index (χ1n) is 7.08. The van der Waals surface area contributed by atoms with Crippen LogP contribution in [0.3, 0.4) is 0 Å². The third-order valence-corrected chi connectivity index (χ3v) is 3.45. The van der Waals surface area contributed by atoms with Crippen LogP contribution in [0.4, 0.5) is 0 Å². The Labute approximate surface area is 121 Å². The van der Waals surface area contributed by atoms with E-state index in [2.05, 4.69) is 44.8 Å². The quantitative estimate of drug-likeness (QED) is 0.631. The molecular formula is C15H24N4O. The average Bonchev–Trinajstić information content (AvgIpc) is 2.51. The van der Waals surface area contributed by atoms with Crippen molar-refractivity contribution in [3.63, 3.8) is 0 Å². The smallest absolute Gasteiger partial charge is 0.190 e. The molecule has 0 unspecified atom stereocenters. The van der Waals surface area contributed by atoms with Gasteiger partial charge in [-0.3, -0.25) is 9.89 Å². The Bertz CT molecular complexity index is 424. The van der Waals surface area contributed by atoms with E-state index in [0.29, 0.717) is 0 Å². The van der Waals surface area contributed by atoms with Crippen LogP contribution in [0, 0.1) is 0 Å². The van der Waals surface area contributed by atoms with E-state index in [9.17, 15) is 0 Å². The van der Waals surface area contributed by atoms with Gasteiger partial charge in [-0.1, -0.05) is 24.3 Å². The normalized spacial score (nSPS) is 17.0. The van der Waals surface area contributed by atoms with Crippen LogP contribution in [0.1, 0.15) is 11.1 Å². The highest BCUT2D eigenvalue weighted by Crippen LogP contribution is 2.09. The van der Waals surface area contributed by atoms with Crippen molar-refractivity contribution in [3.8, 4) is 0 Å². The molecule has 5 heteroatoms. The molecule has 1 saturated heterocycles. The summed E-state index contributed by atoms with van der Waals surface area (Å²) >= 11 is 0. The lowest BCUT2D eigenvalue weighted by Gasteiger charge is -2.26. The summed E-state index contributed by atoms with van der Waals surface area (Å²) in [5, 5.41) is 6.26. The fourth-order valence-electron chi connectivity index (χ4n) is 2.25.